The van der Waals surface area contributed by atoms with Crippen LogP contribution in [0.1, 0.15) is 5.56 Å². The fourth-order valence-electron chi connectivity index (χ4n) is 1.79. The number of benzene rings is 2. The number of nitro groups is 1. The first-order valence-electron chi connectivity index (χ1n) is 6.39. The van der Waals surface area contributed by atoms with Gasteiger partial charge >= 0.3 is 5.69 Å². The summed E-state index contributed by atoms with van der Waals surface area (Å²) >= 11 is 2.14. The van der Waals surface area contributed by atoms with Gasteiger partial charge in [0.2, 0.25) is 0 Å². The molecular weight excluding hydrogens is 399 g/mol. The zero-order valence-corrected chi connectivity index (χ0v) is 13.9. The van der Waals surface area contributed by atoms with Crippen molar-refractivity contribution in [2.45, 2.75) is 6.92 Å². The molecule has 1 amide bonds. The van der Waals surface area contributed by atoms with Crippen LogP contribution < -0.4 is 10.1 Å². The van der Waals surface area contributed by atoms with Crippen LogP contribution in [0.2, 0.25) is 0 Å². The summed E-state index contributed by atoms with van der Waals surface area (Å²) in [6, 6.07) is 11.8. The first-order chi connectivity index (χ1) is 10.5. The fraction of sp³-hybridized carbons (Fsp3) is 0.133. The number of hydrogen-bond acceptors (Lipinski definition) is 4. The molecule has 0 aliphatic heterocycles. The molecule has 0 saturated heterocycles. The smallest absolute Gasteiger partial charge is 0.310 e. The Morgan fingerprint density at radius 1 is 1.32 bits per heavy atom. The second-order valence-corrected chi connectivity index (χ2v) is 5.82. The zero-order chi connectivity index (χ0) is 16.1. The number of nitrogens with one attached hydrogen (secondary N) is 1. The number of halogens is 1. The topological polar surface area (TPSA) is 81.5 Å². The second kappa shape index (κ2) is 7.21. The molecule has 6 nitrogen and oxygen atoms in total. The van der Waals surface area contributed by atoms with Crippen molar-refractivity contribution < 1.29 is 14.5 Å². The van der Waals surface area contributed by atoms with Gasteiger partial charge in [0.05, 0.1) is 4.92 Å². The van der Waals surface area contributed by atoms with Crippen LogP contribution in [0.3, 0.4) is 0 Å². The standard InChI is InChI=1S/C15H13IN2O4/c1-10-5-6-13(18(20)21)14(7-10)22-9-15(19)17-12-4-2-3-11(16)8-12/h2-8H,9H2,1H3,(H,17,19). The van der Waals surface area contributed by atoms with E-state index in [1.807, 2.05) is 18.2 Å². The highest BCUT2D eigenvalue weighted by molar-refractivity contribution is 14.1. The average molecular weight is 412 g/mol. The lowest BCUT2D eigenvalue weighted by molar-refractivity contribution is -0.385. The van der Waals surface area contributed by atoms with Crippen molar-refractivity contribution in [3.8, 4) is 5.75 Å². The van der Waals surface area contributed by atoms with Crippen molar-refractivity contribution in [2.24, 2.45) is 0 Å². The molecule has 2 aromatic carbocycles. The van der Waals surface area contributed by atoms with Crippen molar-refractivity contribution in [1.29, 1.82) is 0 Å². The number of hydrogen-bond donors (Lipinski definition) is 1. The monoisotopic (exact) mass is 412 g/mol. The number of amides is 1. The number of rotatable bonds is 5. The molecule has 22 heavy (non-hydrogen) atoms. The highest BCUT2D eigenvalue weighted by atomic mass is 127. The number of carbonyl (C=O) groups excluding carboxylic acids is 1. The summed E-state index contributed by atoms with van der Waals surface area (Å²) < 4.78 is 6.28. The number of aryl methyl sites for hydroxylation is 1. The van der Waals surface area contributed by atoms with Crippen LogP contribution in [0.5, 0.6) is 5.75 Å². The van der Waals surface area contributed by atoms with Crippen molar-refractivity contribution >= 4 is 39.9 Å². The number of nitrogens with zero attached hydrogens (tertiary/aromatic N) is 1. The van der Waals surface area contributed by atoms with Gasteiger partial charge in [-0.1, -0.05) is 12.1 Å². The molecule has 0 aliphatic carbocycles. The van der Waals surface area contributed by atoms with E-state index in [1.165, 1.54) is 12.1 Å². The van der Waals surface area contributed by atoms with Gasteiger partial charge in [-0.3, -0.25) is 14.9 Å². The van der Waals surface area contributed by atoms with Gasteiger partial charge in [0.1, 0.15) is 0 Å². The quantitative estimate of drug-likeness (QED) is 0.463. The minimum Gasteiger partial charge on any atom is -0.477 e. The normalized spacial score (nSPS) is 10.1. The molecule has 0 aliphatic rings. The average Bonchev–Trinajstić information content (AvgIpc) is 2.45. The maximum atomic E-state index is 11.9. The van der Waals surface area contributed by atoms with Crippen LogP contribution in [-0.2, 0) is 4.79 Å². The molecule has 0 spiro atoms. The zero-order valence-electron chi connectivity index (χ0n) is 11.7. The summed E-state index contributed by atoms with van der Waals surface area (Å²) in [5, 5.41) is 13.6. The third-order valence-electron chi connectivity index (χ3n) is 2.78. The molecule has 114 valence electrons. The maximum absolute atomic E-state index is 11.9. The van der Waals surface area contributed by atoms with Gasteiger partial charge in [-0.25, -0.2) is 0 Å². The molecule has 0 radical (unpaired) electrons. The van der Waals surface area contributed by atoms with Crippen molar-refractivity contribution in [2.75, 3.05) is 11.9 Å². The molecule has 0 saturated carbocycles. The molecule has 0 aromatic heterocycles. The highest BCUT2D eigenvalue weighted by Gasteiger charge is 2.16. The molecule has 0 fully saturated rings. The number of ether oxygens (including phenoxy) is 1. The van der Waals surface area contributed by atoms with Gasteiger partial charge in [-0.15, -0.1) is 0 Å². The Morgan fingerprint density at radius 3 is 2.77 bits per heavy atom. The predicted octanol–water partition coefficient (Wildman–Crippen LogP) is 3.53. The van der Waals surface area contributed by atoms with Gasteiger partial charge in [-0.05, 0) is 59.3 Å². The third kappa shape index (κ3) is 4.42. The van der Waals surface area contributed by atoms with E-state index in [2.05, 4.69) is 27.9 Å². The van der Waals surface area contributed by atoms with Gasteiger partial charge in [0.15, 0.2) is 12.4 Å². The summed E-state index contributed by atoms with van der Waals surface area (Å²) in [7, 11) is 0. The fourth-order valence-corrected chi connectivity index (χ4v) is 2.34. The Bertz CT molecular complexity index is 718. The lowest BCUT2D eigenvalue weighted by atomic mass is 10.2. The van der Waals surface area contributed by atoms with E-state index in [9.17, 15) is 14.9 Å². The van der Waals surface area contributed by atoms with Crippen LogP contribution in [-0.4, -0.2) is 17.4 Å². The van der Waals surface area contributed by atoms with Gasteiger partial charge in [0.25, 0.3) is 5.91 Å². The first-order valence-corrected chi connectivity index (χ1v) is 7.47. The lowest BCUT2D eigenvalue weighted by Crippen LogP contribution is -2.20. The molecule has 0 bridgehead atoms. The van der Waals surface area contributed by atoms with Crippen molar-refractivity contribution in [3.05, 3.63) is 61.7 Å². The maximum Gasteiger partial charge on any atom is 0.310 e. The first kappa shape index (κ1) is 16.2. The predicted molar refractivity (Wildman–Crippen MR) is 91.1 cm³/mol. The van der Waals surface area contributed by atoms with Crippen LogP contribution in [0.25, 0.3) is 0 Å². The Hall–Kier alpha value is -2.16. The minimum absolute atomic E-state index is 0.0859. The number of nitro benzene ring substituents is 1. The summed E-state index contributed by atoms with van der Waals surface area (Å²) in [5.74, 6) is -0.291. The Morgan fingerprint density at radius 2 is 2.09 bits per heavy atom. The van der Waals surface area contributed by atoms with E-state index in [-0.39, 0.29) is 24.0 Å². The Labute approximate surface area is 140 Å². The van der Waals surface area contributed by atoms with Crippen LogP contribution in [0.15, 0.2) is 42.5 Å². The largest absolute Gasteiger partial charge is 0.477 e. The van der Waals surface area contributed by atoms with Crippen LogP contribution in [0, 0.1) is 20.6 Å². The van der Waals surface area contributed by atoms with E-state index in [0.717, 1.165) is 9.13 Å². The molecule has 0 unspecified atom stereocenters. The van der Waals surface area contributed by atoms with E-state index in [0.29, 0.717) is 5.69 Å². The molecule has 2 aromatic rings. The van der Waals surface area contributed by atoms with Crippen LogP contribution >= 0.6 is 22.6 Å². The summed E-state index contributed by atoms with van der Waals surface area (Å²) in [6.45, 7) is 1.50. The van der Waals surface area contributed by atoms with Gasteiger partial charge in [-0.2, -0.15) is 0 Å². The minimum atomic E-state index is -0.535. The lowest BCUT2D eigenvalue weighted by Gasteiger charge is -2.08. The molecule has 1 N–H and O–H groups in total. The Balaban J connectivity index is 2.02. The summed E-state index contributed by atoms with van der Waals surface area (Å²) in [4.78, 5) is 22.2. The molecule has 7 heteroatoms. The molecule has 2 rings (SSSR count). The van der Waals surface area contributed by atoms with Crippen molar-refractivity contribution in [1.82, 2.24) is 0 Å². The number of carbonyl (C=O) groups is 1. The van der Waals surface area contributed by atoms with Gasteiger partial charge in [0, 0.05) is 15.3 Å². The number of anilines is 1. The SMILES string of the molecule is Cc1ccc([N+](=O)[O-])c(OCC(=O)Nc2cccc(I)c2)c1. The molecular formula is C15H13IN2O4. The Kier molecular flexibility index (Phi) is 5.31. The molecule has 0 atom stereocenters. The third-order valence-corrected chi connectivity index (χ3v) is 3.45. The summed E-state index contributed by atoms with van der Waals surface area (Å²) in [6.07, 6.45) is 0. The molecule has 0 heterocycles. The van der Waals surface area contributed by atoms with E-state index in [1.54, 1.807) is 19.1 Å². The van der Waals surface area contributed by atoms with Gasteiger partial charge < -0.3 is 10.1 Å². The van der Waals surface area contributed by atoms with E-state index < -0.39 is 4.92 Å². The van der Waals surface area contributed by atoms with E-state index >= 15 is 0 Å². The van der Waals surface area contributed by atoms with E-state index in [4.69, 9.17) is 4.74 Å². The summed E-state index contributed by atoms with van der Waals surface area (Å²) in [5.41, 5.74) is 1.31. The van der Waals surface area contributed by atoms with Crippen molar-refractivity contribution in [3.63, 3.8) is 0 Å². The second-order valence-electron chi connectivity index (χ2n) is 4.58. The highest BCUT2D eigenvalue weighted by Crippen LogP contribution is 2.27. The van der Waals surface area contributed by atoms with Crippen LogP contribution in [0.4, 0.5) is 11.4 Å².